The van der Waals surface area contributed by atoms with Crippen LogP contribution in [0.4, 0.5) is 11.4 Å². The van der Waals surface area contributed by atoms with Gasteiger partial charge in [-0.25, -0.2) is 0 Å². The molecule has 0 aliphatic carbocycles. The normalized spacial score (nSPS) is 12.2. The molecule has 1 aromatic rings. The molecule has 16 heavy (non-hydrogen) atoms. The van der Waals surface area contributed by atoms with E-state index in [0.717, 1.165) is 18.5 Å². The summed E-state index contributed by atoms with van der Waals surface area (Å²) in [6, 6.07) is 5.12. The summed E-state index contributed by atoms with van der Waals surface area (Å²) < 4.78 is 0. The molecule has 0 spiro atoms. The van der Waals surface area contributed by atoms with E-state index in [4.69, 9.17) is 0 Å². The Labute approximate surface area is 95.8 Å². The molecule has 0 aliphatic heterocycles. The lowest BCUT2D eigenvalue weighted by molar-refractivity contribution is -0.384. The summed E-state index contributed by atoms with van der Waals surface area (Å²) >= 11 is 0. The maximum atomic E-state index is 10.9. The van der Waals surface area contributed by atoms with Gasteiger partial charge in [0.15, 0.2) is 0 Å². The van der Waals surface area contributed by atoms with Gasteiger partial charge >= 0.3 is 0 Å². The number of hydrogen-bond donors (Lipinski definition) is 1. The maximum Gasteiger partial charge on any atom is 0.292 e. The summed E-state index contributed by atoms with van der Waals surface area (Å²) in [5.41, 5.74) is 1.72. The van der Waals surface area contributed by atoms with E-state index in [-0.39, 0.29) is 10.6 Å². The number of nitro benzene ring substituents is 1. The fourth-order valence-electron chi connectivity index (χ4n) is 1.46. The van der Waals surface area contributed by atoms with Gasteiger partial charge < -0.3 is 5.32 Å². The summed E-state index contributed by atoms with van der Waals surface area (Å²) in [6.45, 7) is 6.88. The number of rotatable bonds is 5. The lowest BCUT2D eigenvalue weighted by atomic mass is 10.1. The van der Waals surface area contributed by atoms with Crippen molar-refractivity contribution >= 4 is 11.4 Å². The lowest BCUT2D eigenvalue weighted by Crippen LogP contribution is -2.12. The largest absolute Gasteiger partial charge is 0.379 e. The van der Waals surface area contributed by atoms with Crippen molar-refractivity contribution in [3.05, 3.63) is 33.9 Å². The van der Waals surface area contributed by atoms with Gasteiger partial charge in [0.2, 0.25) is 0 Å². The van der Waals surface area contributed by atoms with E-state index in [9.17, 15) is 10.1 Å². The second-order valence-corrected chi connectivity index (χ2v) is 4.12. The molecule has 88 valence electrons. The summed E-state index contributed by atoms with van der Waals surface area (Å²) in [4.78, 5) is 10.5. The number of benzene rings is 1. The molecule has 1 rings (SSSR count). The van der Waals surface area contributed by atoms with Crippen molar-refractivity contribution in [2.24, 2.45) is 5.92 Å². The predicted octanol–water partition coefficient (Wildman–Crippen LogP) is 3.36. The van der Waals surface area contributed by atoms with E-state index >= 15 is 0 Å². The Balaban J connectivity index is 2.88. The average Bonchev–Trinajstić information content (AvgIpc) is 2.26. The number of para-hydroxylation sites is 1. The smallest absolute Gasteiger partial charge is 0.292 e. The van der Waals surface area contributed by atoms with Crippen molar-refractivity contribution in [1.82, 2.24) is 0 Å². The highest BCUT2D eigenvalue weighted by molar-refractivity contribution is 5.65. The molecule has 1 N–H and O–H groups in total. The third kappa shape index (κ3) is 2.95. The van der Waals surface area contributed by atoms with Crippen molar-refractivity contribution < 1.29 is 4.92 Å². The van der Waals surface area contributed by atoms with Gasteiger partial charge in [0.25, 0.3) is 5.69 Å². The monoisotopic (exact) mass is 222 g/mol. The molecular weight excluding hydrogens is 204 g/mol. The molecule has 1 aromatic carbocycles. The van der Waals surface area contributed by atoms with Crippen molar-refractivity contribution in [2.75, 3.05) is 11.9 Å². The van der Waals surface area contributed by atoms with Crippen LogP contribution in [0.15, 0.2) is 18.2 Å². The predicted molar refractivity (Wildman–Crippen MR) is 65.8 cm³/mol. The maximum absolute atomic E-state index is 10.9. The molecule has 1 atom stereocenters. The Morgan fingerprint density at radius 1 is 1.50 bits per heavy atom. The Morgan fingerprint density at radius 3 is 2.75 bits per heavy atom. The van der Waals surface area contributed by atoms with Crippen LogP contribution in [0.5, 0.6) is 0 Å². The first-order valence-electron chi connectivity index (χ1n) is 5.54. The quantitative estimate of drug-likeness (QED) is 0.614. The van der Waals surface area contributed by atoms with Gasteiger partial charge in [0.1, 0.15) is 5.69 Å². The second kappa shape index (κ2) is 5.49. The van der Waals surface area contributed by atoms with Crippen LogP contribution in [0.2, 0.25) is 0 Å². The third-order valence-corrected chi connectivity index (χ3v) is 2.77. The van der Waals surface area contributed by atoms with Crippen LogP contribution in [0.1, 0.15) is 25.8 Å². The minimum absolute atomic E-state index is 0.156. The van der Waals surface area contributed by atoms with E-state index in [1.54, 1.807) is 6.07 Å². The molecular formula is C12H18N2O2. The van der Waals surface area contributed by atoms with Crippen molar-refractivity contribution in [2.45, 2.75) is 27.2 Å². The highest BCUT2D eigenvalue weighted by Crippen LogP contribution is 2.27. The number of aryl methyl sites for hydroxylation is 1. The summed E-state index contributed by atoms with van der Waals surface area (Å²) in [7, 11) is 0. The Kier molecular flexibility index (Phi) is 4.28. The molecule has 0 aliphatic rings. The first kappa shape index (κ1) is 12.5. The molecule has 0 bridgehead atoms. The number of hydrogen-bond acceptors (Lipinski definition) is 3. The van der Waals surface area contributed by atoms with E-state index < -0.39 is 0 Å². The zero-order chi connectivity index (χ0) is 12.1. The lowest BCUT2D eigenvalue weighted by Gasteiger charge is -2.13. The highest BCUT2D eigenvalue weighted by atomic mass is 16.6. The molecule has 0 aromatic heterocycles. The Hall–Kier alpha value is -1.58. The van der Waals surface area contributed by atoms with Gasteiger partial charge in [-0.15, -0.1) is 0 Å². The molecule has 0 saturated heterocycles. The molecule has 0 heterocycles. The zero-order valence-corrected chi connectivity index (χ0v) is 9.99. The van der Waals surface area contributed by atoms with Gasteiger partial charge in [-0.05, 0) is 18.4 Å². The fourth-order valence-corrected chi connectivity index (χ4v) is 1.46. The first-order valence-corrected chi connectivity index (χ1v) is 5.54. The molecule has 4 nitrogen and oxygen atoms in total. The van der Waals surface area contributed by atoms with Crippen molar-refractivity contribution in [3.63, 3.8) is 0 Å². The van der Waals surface area contributed by atoms with Gasteiger partial charge in [0, 0.05) is 12.6 Å². The number of nitrogens with zero attached hydrogens (tertiary/aromatic N) is 1. The highest BCUT2D eigenvalue weighted by Gasteiger charge is 2.15. The van der Waals surface area contributed by atoms with Crippen LogP contribution in [0, 0.1) is 23.0 Å². The summed E-state index contributed by atoms with van der Waals surface area (Å²) in [6.07, 6.45) is 1.06. The van der Waals surface area contributed by atoms with Crippen LogP contribution in [-0.2, 0) is 0 Å². The topological polar surface area (TPSA) is 55.2 Å². The molecule has 0 fully saturated rings. The van der Waals surface area contributed by atoms with Crippen LogP contribution in [0.25, 0.3) is 0 Å². The second-order valence-electron chi connectivity index (χ2n) is 4.12. The van der Waals surface area contributed by atoms with Crippen molar-refractivity contribution in [1.29, 1.82) is 0 Å². The Bertz CT molecular complexity index is 377. The summed E-state index contributed by atoms with van der Waals surface area (Å²) in [5.74, 6) is 0.513. The van der Waals surface area contributed by atoms with Crippen LogP contribution in [0.3, 0.4) is 0 Å². The molecule has 0 radical (unpaired) electrons. The third-order valence-electron chi connectivity index (χ3n) is 2.77. The van der Waals surface area contributed by atoms with E-state index in [2.05, 4.69) is 19.2 Å². The standard InChI is InChI=1S/C12H18N2O2/c1-4-9(2)8-13-12-10(3)6-5-7-11(12)14(15)16/h5-7,9,13H,4,8H2,1-3H3. The van der Waals surface area contributed by atoms with E-state index in [0.29, 0.717) is 11.6 Å². The van der Waals surface area contributed by atoms with Crippen LogP contribution in [-0.4, -0.2) is 11.5 Å². The van der Waals surface area contributed by atoms with E-state index in [1.165, 1.54) is 6.07 Å². The Morgan fingerprint density at radius 2 is 2.19 bits per heavy atom. The van der Waals surface area contributed by atoms with Gasteiger partial charge in [0.05, 0.1) is 4.92 Å². The van der Waals surface area contributed by atoms with E-state index in [1.807, 2.05) is 13.0 Å². The van der Waals surface area contributed by atoms with Crippen molar-refractivity contribution in [3.8, 4) is 0 Å². The zero-order valence-electron chi connectivity index (χ0n) is 9.99. The molecule has 1 unspecified atom stereocenters. The summed E-state index contributed by atoms with van der Waals surface area (Å²) in [5, 5.41) is 14.0. The number of anilines is 1. The average molecular weight is 222 g/mol. The number of nitrogens with one attached hydrogen (secondary N) is 1. The first-order chi connectivity index (χ1) is 7.56. The SMILES string of the molecule is CCC(C)CNc1c(C)cccc1[N+](=O)[O-]. The van der Waals surface area contributed by atoms with Crippen LogP contribution < -0.4 is 5.32 Å². The minimum atomic E-state index is -0.341. The molecule has 4 heteroatoms. The fraction of sp³-hybridized carbons (Fsp3) is 0.500. The van der Waals surface area contributed by atoms with Gasteiger partial charge in [-0.3, -0.25) is 10.1 Å². The van der Waals surface area contributed by atoms with Gasteiger partial charge in [-0.2, -0.15) is 0 Å². The minimum Gasteiger partial charge on any atom is -0.379 e. The van der Waals surface area contributed by atoms with Crippen LogP contribution >= 0.6 is 0 Å². The number of nitro groups is 1. The molecule has 0 amide bonds. The van der Waals surface area contributed by atoms with Gasteiger partial charge in [-0.1, -0.05) is 32.4 Å². The molecule has 0 saturated carbocycles.